The Labute approximate surface area is 102 Å². The number of halogens is 1. The minimum atomic E-state index is -1.12. The van der Waals surface area contributed by atoms with Gasteiger partial charge in [-0.3, -0.25) is 4.79 Å². The number of carbonyl (C=O) groups is 1. The van der Waals surface area contributed by atoms with Crippen molar-refractivity contribution in [3.05, 3.63) is 44.7 Å². The predicted molar refractivity (Wildman–Crippen MR) is 65.9 cm³/mol. The lowest BCUT2D eigenvalue weighted by Crippen LogP contribution is -2.19. The van der Waals surface area contributed by atoms with Crippen LogP contribution in [0.5, 0.6) is 0 Å². The highest BCUT2D eigenvalue weighted by molar-refractivity contribution is 6.32. The number of carboxylic acids is 1. The van der Waals surface area contributed by atoms with E-state index in [-0.39, 0.29) is 11.1 Å². The highest BCUT2D eigenvalue weighted by atomic mass is 35.5. The number of nitrogens with zero attached hydrogens (tertiary/aromatic N) is 1. The SMILES string of the molecule is Cc1c(Cl)ccc2c(C(=O)O)cc(=O)n(C)c12. The van der Waals surface area contributed by atoms with Crippen molar-refractivity contribution in [2.75, 3.05) is 0 Å². The van der Waals surface area contributed by atoms with E-state index < -0.39 is 5.97 Å². The maximum Gasteiger partial charge on any atom is 0.336 e. The molecule has 1 aromatic heterocycles. The molecule has 5 heteroatoms. The van der Waals surface area contributed by atoms with E-state index in [4.69, 9.17) is 16.7 Å². The Morgan fingerprint density at radius 3 is 2.65 bits per heavy atom. The van der Waals surface area contributed by atoms with Gasteiger partial charge in [-0.1, -0.05) is 17.7 Å². The van der Waals surface area contributed by atoms with Gasteiger partial charge < -0.3 is 9.67 Å². The van der Waals surface area contributed by atoms with Crippen molar-refractivity contribution in [2.45, 2.75) is 6.92 Å². The summed E-state index contributed by atoms with van der Waals surface area (Å²) in [6.45, 7) is 1.76. The van der Waals surface area contributed by atoms with Gasteiger partial charge in [-0.15, -0.1) is 0 Å². The van der Waals surface area contributed by atoms with E-state index in [1.165, 1.54) is 4.57 Å². The molecule has 1 N–H and O–H groups in total. The summed E-state index contributed by atoms with van der Waals surface area (Å²) in [4.78, 5) is 22.8. The van der Waals surface area contributed by atoms with Crippen LogP contribution in [-0.4, -0.2) is 15.6 Å². The Kier molecular flexibility index (Phi) is 2.67. The Morgan fingerprint density at radius 1 is 1.41 bits per heavy atom. The van der Waals surface area contributed by atoms with Gasteiger partial charge in [-0.05, 0) is 18.6 Å². The second-order valence-electron chi connectivity index (χ2n) is 3.83. The topological polar surface area (TPSA) is 59.3 Å². The van der Waals surface area contributed by atoms with Crippen LogP contribution in [-0.2, 0) is 7.05 Å². The third-order valence-electron chi connectivity index (χ3n) is 2.82. The third kappa shape index (κ3) is 1.70. The standard InChI is InChI=1S/C12H10ClNO3/c1-6-9(13)4-3-7-8(12(16)17)5-10(15)14(2)11(6)7/h3-5H,1-2H3,(H,16,17). The van der Waals surface area contributed by atoms with Crippen molar-refractivity contribution in [3.63, 3.8) is 0 Å². The zero-order valence-electron chi connectivity index (χ0n) is 9.32. The van der Waals surface area contributed by atoms with Gasteiger partial charge in [0.25, 0.3) is 5.56 Å². The number of fused-ring (bicyclic) bond motifs is 1. The molecule has 0 aliphatic rings. The molecule has 0 bridgehead atoms. The van der Waals surface area contributed by atoms with Crippen molar-refractivity contribution < 1.29 is 9.90 Å². The average Bonchev–Trinajstić information content (AvgIpc) is 2.27. The highest BCUT2D eigenvalue weighted by Crippen LogP contribution is 2.26. The van der Waals surface area contributed by atoms with E-state index >= 15 is 0 Å². The van der Waals surface area contributed by atoms with Gasteiger partial charge in [0.2, 0.25) is 0 Å². The van der Waals surface area contributed by atoms with Crippen LogP contribution in [0.1, 0.15) is 15.9 Å². The molecule has 1 heterocycles. The fourth-order valence-electron chi connectivity index (χ4n) is 1.91. The molecule has 0 amide bonds. The smallest absolute Gasteiger partial charge is 0.336 e. The predicted octanol–water partition coefficient (Wildman–Crippen LogP) is 2.20. The van der Waals surface area contributed by atoms with E-state index in [1.807, 2.05) is 0 Å². The van der Waals surface area contributed by atoms with Crippen molar-refractivity contribution in [2.24, 2.45) is 7.05 Å². The van der Waals surface area contributed by atoms with E-state index in [1.54, 1.807) is 26.1 Å². The van der Waals surface area contributed by atoms with Crippen LogP contribution in [0.2, 0.25) is 5.02 Å². The number of aromatic nitrogens is 1. The first-order valence-electron chi connectivity index (χ1n) is 4.95. The molecule has 0 saturated heterocycles. The van der Waals surface area contributed by atoms with Gasteiger partial charge in [0.15, 0.2) is 0 Å². The highest BCUT2D eigenvalue weighted by Gasteiger charge is 2.14. The zero-order valence-corrected chi connectivity index (χ0v) is 10.1. The minimum Gasteiger partial charge on any atom is -0.478 e. The molecule has 0 saturated carbocycles. The maximum absolute atomic E-state index is 11.7. The molecule has 0 aliphatic heterocycles. The molecule has 0 unspecified atom stereocenters. The summed E-state index contributed by atoms with van der Waals surface area (Å²) in [6, 6.07) is 4.38. The van der Waals surface area contributed by atoms with E-state index in [9.17, 15) is 9.59 Å². The summed E-state index contributed by atoms with van der Waals surface area (Å²) < 4.78 is 1.41. The molecule has 1 aromatic carbocycles. The van der Waals surface area contributed by atoms with Gasteiger partial charge in [0.05, 0.1) is 11.1 Å². The molecular formula is C12H10ClNO3. The summed E-state index contributed by atoms with van der Waals surface area (Å²) in [5.74, 6) is -1.12. The number of hydrogen-bond acceptors (Lipinski definition) is 2. The lowest BCUT2D eigenvalue weighted by Gasteiger charge is -2.11. The third-order valence-corrected chi connectivity index (χ3v) is 3.23. The Balaban J connectivity index is 3.09. The van der Waals surface area contributed by atoms with Crippen LogP contribution >= 0.6 is 11.6 Å². The van der Waals surface area contributed by atoms with Crippen LogP contribution < -0.4 is 5.56 Å². The quantitative estimate of drug-likeness (QED) is 0.845. The molecule has 17 heavy (non-hydrogen) atoms. The molecule has 4 nitrogen and oxygen atoms in total. The Hall–Kier alpha value is -1.81. The molecule has 2 aromatic rings. The number of benzene rings is 1. The van der Waals surface area contributed by atoms with Gasteiger partial charge in [-0.25, -0.2) is 4.79 Å². The Bertz CT molecular complexity index is 688. The second-order valence-corrected chi connectivity index (χ2v) is 4.24. The van der Waals surface area contributed by atoms with Gasteiger partial charge in [0.1, 0.15) is 0 Å². The first kappa shape index (κ1) is 11.7. The monoisotopic (exact) mass is 251 g/mol. The molecule has 0 aliphatic carbocycles. The van der Waals surface area contributed by atoms with E-state index in [2.05, 4.69) is 0 Å². The molecule has 0 fully saturated rings. The molecule has 2 rings (SSSR count). The fraction of sp³-hybridized carbons (Fsp3) is 0.167. The van der Waals surface area contributed by atoms with Crippen LogP contribution in [0.4, 0.5) is 0 Å². The van der Waals surface area contributed by atoms with Crippen molar-refractivity contribution in [1.82, 2.24) is 4.57 Å². The summed E-state index contributed by atoms with van der Waals surface area (Å²) in [6.07, 6.45) is 0. The summed E-state index contributed by atoms with van der Waals surface area (Å²) in [5.41, 5.74) is 0.900. The fourth-order valence-corrected chi connectivity index (χ4v) is 2.06. The lowest BCUT2D eigenvalue weighted by molar-refractivity contribution is 0.0699. The number of carboxylic acid groups (broad SMARTS) is 1. The minimum absolute atomic E-state index is 0.00265. The van der Waals surface area contributed by atoms with Gasteiger partial charge >= 0.3 is 5.97 Å². The van der Waals surface area contributed by atoms with Crippen molar-refractivity contribution in [1.29, 1.82) is 0 Å². The normalized spacial score (nSPS) is 10.8. The van der Waals surface area contributed by atoms with Crippen molar-refractivity contribution >= 4 is 28.5 Å². The van der Waals surface area contributed by atoms with Gasteiger partial charge in [-0.2, -0.15) is 0 Å². The lowest BCUT2D eigenvalue weighted by atomic mass is 10.1. The number of rotatable bonds is 1. The number of pyridine rings is 1. The number of hydrogen-bond donors (Lipinski definition) is 1. The average molecular weight is 252 g/mol. The molecule has 0 spiro atoms. The number of aryl methyl sites for hydroxylation is 2. The summed E-state index contributed by atoms with van der Waals surface area (Å²) in [7, 11) is 1.60. The van der Waals surface area contributed by atoms with Crippen molar-refractivity contribution in [3.8, 4) is 0 Å². The van der Waals surface area contributed by atoms with Crippen LogP contribution in [0.3, 0.4) is 0 Å². The summed E-state index contributed by atoms with van der Waals surface area (Å²) >= 11 is 5.98. The largest absolute Gasteiger partial charge is 0.478 e. The maximum atomic E-state index is 11.7. The first-order valence-corrected chi connectivity index (χ1v) is 5.33. The zero-order chi connectivity index (χ0) is 12.7. The first-order chi connectivity index (χ1) is 7.93. The Morgan fingerprint density at radius 2 is 2.06 bits per heavy atom. The van der Waals surface area contributed by atoms with E-state index in [0.29, 0.717) is 21.5 Å². The molecular weight excluding hydrogens is 242 g/mol. The molecule has 88 valence electrons. The van der Waals surface area contributed by atoms with Gasteiger partial charge in [0, 0.05) is 23.5 Å². The molecule has 0 radical (unpaired) electrons. The molecule has 0 atom stereocenters. The van der Waals surface area contributed by atoms with Crippen LogP contribution in [0.25, 0.3) is 10.9 Å². The van der Waals surface area contributed by atoms with Crippen LogP contribution in [0, 0.1) is 6.92 Å². The second kappa shape index (κ2) is 3.89. The number of aromatic carboxylic acids is 1. The summed E-state index contributed by atoms with van der Waals surface area (Å²) in [5, 5.41) is 10.1. The van der Waals surface area contributed by atoms with E-state index in [0.717, 1.165) is 6.07 Å². The van der Waals surface area contributed by atoms with Crippen LogP contribution in [0.15, 0.2) is 23.0 Å².